The van der Waals surface area contributed by atoms with Gasteiger partial charge in [0.05, 0.1) is 6.10 Å². The third-order valence-electron chi connectivity index (χ3n) is 3.78. The monoisotopic (exact) mass is 321 g/mol. The first-order valence-corrected chi connectivity index (χ1v) is 8.65. The Hall–Kier alpha value is -1.68. The third kappa shape index (κ3) is 6.14. The number of aliphatic hydroxyl groups excluding tert-OH is 1. The standard InChI is InChI=1S/C15H19NO3.2C2H6/c1-11-4-2-3-5-14(11)15(19)16(10-17)12-6-8-13(18)9-7-12;2*1-2/h2-5,10,12-13,18H,6-9H2,1H3;2*1-2H3. The molecule has 2 amide bonds. The van der Waals surface area contributed by atoms with Crippen molar-refractivity contribution >= 4 is 12.3 Å². The van der Waals surface area contributed by atoms with Crippen LogP contribution in [-0.2, 0) is 4.79 Å². The van der Waals surface area contributed by atoms with Gasteiger partial charge in [-0.3, -0.25) is 14.5 Å². The normalized spacial score (nSPS) is 19.4. The van der Waals surface area contributed by atoms with Crippen LogP contribution in [0.4, 0.5) is 0 Å². The minimum Gasteiger partial charge on any atom is -0.393 e. The van der Waals surface area contributed by atoms with Crippen molar-refractivity contribution < 1.29 is 14.7 Å². The number of rotatable bonds is 3. The Balaban J connectivity index is 0.00000112. The van der Waals surface area contributed by atoms with Gasteiger partial charge >= 0.3 is 0 Å². The molecule has 1 N–H and O–H groups in total. The summed E-state index contributed by atoms with van der Waals surface area (Å²) in [5.41, 5.74) is 1.44. The number of carbonyl (C=O) groups excluding carboxylic acids is 2. The lowest BCUT2D eigenvalue weighted by Gasteiger charge is -2.32. The van der Waals surface area contributed by atoms with Gasteiger partial charge in [0.2, 0.25) is 6.41 Å². The van der Waals surface area contributed by atoms with Gasteiger partial charge in [0.25, 0.3) is 5.91 Å². The Bertz CT molecular complexity index is 465. The smallest absolute Gasteiger partial charge is 0.260 e. The number of amides is 2. The van der Waals surface area contributed by atoms with Gasteiger partial charge in [0.1, 0.15) is 0 Å². The van der Waals surface area contributed by atoms with E-state index in [0.29, 0.717) is 37.7 Å². The minimum absolute atomic E-state index is 0.0898. The molecule has 1 aromatic carbocycles. The van der Waals surface area contributed by atoms with Gasteiger partial charge in [-0.2, -0.15) is 0 Å². The van der Waals surface area contributed by atoms with E-state index in [-0.39, 0.29) is 18.1 Å². The fourth-order valence-corrected chi connectivity index (χ4v) is 2.59. The lowest BCUT2D eigenvalue weighted by atomic mass is 9.91. The second kappa shape index (κ2) is 11.8. The number of nitrogens with zero attached hydrogens (tertiary/aromatic N) is 1. The Morgan fingerprint density at radius 1 is 1.09 bits per heavy atom. The van der Waals surface area contributed by atoms with E-state index in [1.807, 2.05) is 46.8 Å². The van der Waals surface area contributed by atoms with E-state index >= 15 is 0 Å². The van der Waals surface area contributed by atoms with Gasteiger partial charge in [-0.1, -0.05) is 45.9 Å². The van der Waals surface area contributed by atoms with Gasteiger partial charge < -0.3 is 5.11 Å². The first-order chi connectivity index (χ1) is 11.1. The zero-order valence-corrected chi connectivity index (χ0v) is 15.1. The molecule has 0 aliphatic heterocycles. The zero-order valence-electron chi connectivity index (χ0n) is 15.1. The van der Waals surface area contributed by atoms with Crippen LogP contribution in [-0.4, -0.2) is 34.5 Å². The minimum atomic E-state index is -0.293. The topological polar surface area (TPSA) is 57.6 Å². The summed E-state index contributed by atoms with van der Waals surface area (Å²) in [6.07, 6.45) is 2.98. The van der Waals surface area contributed by atoms with Crippen molar-refractivity contribution in [3.8, 4) is 0 Å². The molecule has 1 aliphatic rings. The van der Waals surface area contributed by atoms with Gasteiger partial charge in [0, 0.05) is 11.6 Å². The van der Waals surface area contributed by atoms with Gasteiger partial charge in [0.15, 0.2) is 0 Å². The Morgan fingerprint density at radius 3 is 2.09 bits per heavy atom. The molecular weight excluding hydrogens is 290 g/mol. The van der Waals surface area contributed by atoms with Crippen LogP contribution in [0.2, 0.25) is 0 Å². The van der Waals surface area contributed by atoms with Crippen molar-refractivity contribution in [3.63, 3.8) is 0 Å². The fraction of sp³-hybridized carbons (Fsp3) is 0.579. The predicted molar refractivity (Wildman–Crippen MR) is 94.4 cm³/mol. The molecule has 2 rings (SSSR count). The van der Waals surface area contributed by atoms with E-state index in [1.165, 1.54) is 4.90 Å². The van der Waals surface area contributed by atoms with Crippen LogP contribution in [0.1, 0.15) is 69.3 Å². The van der Waals surface area contributed by atoms with E-state index in [0.717, 1.165) is 5.56 Å². The summed E-state index contributed by atoms with van der Waals surface area (Å²) in [5, 5.41) is 9.49. The Kier molecular flexibility index (Phi) is 11.0. The molecule has 4 nitrogen and oxygen atoms in total. The van der Waals surface area contributed by atoms with E-state index in [9.17, 15) is 14.7 Å². The summed E-state index contributed by atoms with van der Waals surface area (Å²) in [7, 11) is 0. The average Bonchev–Trinajstić information content (AvgIpc) is 2.61. The quantitative estimate of drug-likeness (QED) is 0.858. The SMILES string of the molecule is CC.CC.Cc1ccccc1C(=O)N(C=O)C1CCC(O)CC1. The van der Waals surface area contributed by atoms with E-state index < -0.39 is 0 Å². The summed E-state index contributed by atoms with van der Waals surface area (Å²) >= 11 is 0. The molecule has 0 saturated heterocycles. The van der Waals surface area contributed by atoms with Crippen LogP contribution in [0.25, 0.3) is 0 Å². The molecule has 130 valence electrons. The highest BCUT2D eigenvalue weighted by molar-refractivity contribution is 6.01. The summed E-state index contributed by atoms with van der Waals surface area (Å²) < 4.78 is 0. The number of benzene rings is 1. The van der Waals surface area contributed by atoms with Crippen molar-refractivity contribution in [3.05, 3.63) is 35.4 Å². The number of imide groups is 1. The van der Waals surface area contributed by atoms with Gasteiger partial charge in [-0.05, 0) is 44.2 Å². The van der Waals surface area contributed by atoms with Gasteiger partial charge in [-0.15, -0.1) is 0 Å². The number of carbonyl (C=O) groups is 2. The molecule has 0 heterocycles. The highest BCUT2D eigenvalue weighted by atomic mass is 16.3. The molecule has 1 aliphatic carbocycles. The Labute approximate surface area is 140 Å². The maximum absolute atomic E-state index is 12.4. The number of aryl methyl sites for hydroxylation is 1. The summed E-state index contributed by atoms with van der Waals surface area (Å²) in [5.74, 6) is -0.241. The molecule has 0 atom stereocenters. The van der Waals surface area contributed by atoms with Crippen molar-refractivity contribution in [2.45, 2.75) is 72.4 Å². The second-order valence-electron chi connectivity index (χ2n) is 5.10. The Morgan fingerprint density at radius 2 is 1.61 bits per heavy atom. The lowest BCUT2D eigenvalue weighted by molar-refractivity contribution is -0.118. The zero-order chi connectivity index (χ0) is 17.8. The third-order valence-corrected chi connectivity index (χ3v) is 3.78. The van der Waals surface area contributed by atoms with Crippen LogP contribution in [0.5, 0.6) is 0 Å². The van der Waals surface area contributed by atoms with Crippen molar-refractivity contribution in [1.82, 2.24) is 4.90 Å². The van der Waals surface area contributed by atoms with Crippen LogP contribution >= 0.6 is 0 Å². The summed E-state index contributed by atoms with van der Waals surface area (Å²) in [6, 6.07) is 7.18. The molecule has 1 aromatic rings. The fourth-order valence-electron chi connectivity index (χ4n) is 2.59. The van der Waals surface area contributed by atoms with Crippen LogP contribution in [0, 0.1) is 6.92 Å². The number of hydrogen-bond donors (Lipinski definition) is 1. The molecule has 23 heavy (non-hydrogen) atoms. The van der Waals surface area contributed by atoms with Crippen LogP contribution in [0.15, 0.2) is 24.3 Å². The molecule has 4 heteroatoms. The number of hydrogen-bond acceptors (Lipinski definition) is 3. The molecule has 0 radical (unpaired) electrons. The highest BCUT2D eigenvalue weighted by Crippen LogP contribution is 2.24. The largest absolute Gasteiger partial charge is 0.393 e. The molecule has 0 spiro atoms. The first-order valence-electron chi connectivity index (χ1n) is 8.65. The van der Waals surface area contributed by atoms with Crippen molar-refractivity contribution in [2.24, 2.45) is 0 Å². The summed E-state index contributed by atoms with van der Waals surface area (Å²) in [6.45, 7) is 9.86. The molecule has 1 fully saturated rings. The van der Waals surface area contributed by atoms with Gasteiger partial charge in [-0.25, -0.2) is 0 Å². The second-order valence-corrected chi connectivity index (χ2v) is 5.10. The van der Waals surface area contributed by atoms with Crippen molar-refractivity contribution in [1.29, 1.82) is 0 Å². The molecule has 0 bridgehead atoms. The van der Waals surface area contributed by atoms with Crippen LogP contribution in [0.3, 0.4) is 0 Å². The highest BCUT2D eigenvalue weighted by Gasteiger charge is 2.29. The van der Waals surface area contributed by atoms with E-state index in [2.05, 4.69) is 0 Å². The summed E-state index contributed by atoms with van der Waals surface area (Å²) in [4.78, 5) is 25.0. The van der Waals surface area contributed by atoms with E-state index in [1.54, 1.807) is 12.1 Å². The average molecular weight is 321 g/mol. The molecular formula is C19H31NO3. The maximum Gasteiger partial charge on any atom is 0.260 e. The molecule has 1 saturated carbocycles. The van der Waals surface area contributed by atoms with E-state index in [4.69, 9.17) is 0 Å². The van der Waals surface area contributed by atoms with Crippen molar-refractivity contribution in [2.75, 3.05) is 0 Å². The lowest BCUT2D eigenvalue weighted by Crippen LogP contribution is -2.42. The number of aliphatic hydroxyl groups is 1. The molecule has 0 unspecified atom stereocenters. The maximum atomic E-state index is 12.4. The first kappa shape index (κ1) is 21.3. The van der Waals surface area contributed by atoms with Crippen LogP contribution < -0.4 is 0 Å². The predicted octanol–water partition coefficient (Wildman–Crippen LogP) is 3.95. The molecule has 0 aromatic heterocycles.